The summed E-state index contributed by atoms with van der Waals surface area (Å²) in [4.78, 5) is 20.7. The minimum Gasteiger partial charge on any atom is -0.504 e. The molecule has 0 fully saturated rings. The standard InChI is InChI=1S/C11H8O4/c1-15-11-6-9(7-13)8(3-2-4-12)5-10(11)14/h4-7,14H,1H3. The first kappa shape index (κ1) is 10.8. The maximum Gasteiger partial charge on any atom is 0.193 e. The van der Waals surface area contributed by atoms with Gasteiger partial charge in [-0.1, -0.05) is 5.92 Å². The van der Waals surface area contributed by atoms with Gasteiger partial charge in [0.1, 0.15) is 0 Å². The Balaban J connectivity index is 3.33. The van der Waals surface area contributed by atoms with Gasteiger partial charge in [-0.2, -0.15) is 0 Å². The van der Waals surface area contributed by atoms with E-state index < -0.39 is 0 Å². The van der Waals surface area contributed by atoms with Crippen LogP contribution in [0, 0.1) is 11.8 Å². The monoisotopic (exact) mass is 204 g/mol. The molecular formula is C11H8O4. The van der Waals surface area contributed by atoms with Crippen molar-refractivity contribution in [1.29, 1.82) is 0 Å². The maximum absolute atomic E-state index is 10.7. The van der Waals surface area contributed by atoms with Crippen molar-refractivity contribution in [3.63, 3.8) is 0 Å². The highest BCUT2D eigenvalue weighted by atomic mass is 16.5. The highest BCUT2D eigenvalue weighted by Crippen LogP contribution is 2.28. The number of ether oxygens (including phenoxy) is 1. The van der Waals surface area contributed by atoms with Crippen LogP contribution in [0.1, 0.15) is 15.9 Å². The first-order valence-corrected chi connectivity index (χ1v) is 4.04. The number of carbonyl (C=O) groups is 2. The predicted molar refractivity (Wildman–Crippen MR) is 53.0 cm³/mol. The van der Waals surface area contributed by atoms with Crippen molar-refractivity contribution < 1.29 is 19.4 Å². The Hall–Kier alpha value is -2.28. The number of hydrogen-bond donors (Lipinski definition) is 1. The molecule has 4 heteroatoms. The average molecular weight is 204 g/mol. The van der Waals surface area contributed by atoms with Gasteiger partial charge in [0, 0.05) is 17.2 Å². The molecule has 0 aromatic heterocycles. The number of methoxy groups -OCH3 is 1. The molecule has 0 aliphatic rings. The lowest BCUT2D eigenvalue weighted by atomic mass is 10.1. The lowest BCUT2D eigenvalue weighted by Gasteiger charge is -2.05. The number of carbonyl (C=O) groups excluding carboxylic acids is 2. The Labute approximate surface area is 86.5 Å². The van der Waals surface area contributed by atoms with Crippen LogP contribution in [-0.2, 0) is 4.79 Å². The van der Waals surface area contributed by atoms with Gasteiger partial charge in [0.2, 0.25) is 0 Å². The van der Waals surface area contributed by atoms with Crippen molar-refractivity contribution in [3.8, 4) is 23.3 Å². The van der Waals surface area contributed by atoms with Gasteiger partial charge in [0.05, 0.1) is 7.11 Å². The van der Waals surface area contributed by atoms with Crippen LogP contribution < -0.4 is 4.74 Å². The van der Waals surface area contributed by atoms with E-state index in [4.69, 9.17) is 4.74 Å². The van der Waals surface area contributed by atoms with Crippen LogP contribution in [0.4, 0.5) is 0 Å². The average Bonchev–Trinajstić information content (AvgIpc) is 2.26. The quantitative estimate of drug-likeness (QED) is 0.570. The first-order chi connectivity index (χ1) is 7.22. The van der Waals surface area contributed by atoms with Crippen molar-refractivity contribution in [3.05, 3.63) is 23.3 Å². The number of aromatic hydroxyl groups is 1. The molecule has 0 aliphatic carbocycles. The van der Waals surface area contributed by atoms with Crippen LogP contribution in [0.3, 0.4) is 0 Å². The highest BCUT2D eigenvalue weighted by Gasteiger charge is 2.07. The second kappa shape index (κ2) is 4.82. The Morgan fingerprint density at radius 3 is 2.67 bits per heavy atom. The van der Waals surface area contributed by atoms with Gasteiger partial charge in [-0.3, -0.25) is 9.59 Å². The number of phenolic OH excluding ortho intramolecular Hbond substituents is 1. The van der Waals surface area contributed by atoms with Gasteiger partial charge in [0.25, 0.3) is 0 Å². The van der Waals surface area contributed by atoms with E-state index in [1.165, 1.54) is 19.2 Å². The van der Waals surface area contributed by atoms with E-state index in [0.717, 1.165) is 0 Å². The molecule has 0 atom stereocenters. The summed E-state index contributed by atoms with van der Waals surface area (Å²) in [5.74, 6) is 4.67. The lowest BCUT2D eigenvalue weighted by Crippen LogP contribution is -1.91. The van der Waals surface area contributed by atoms with E-state index in [9.17, 15) is 14.7 Å². The number of rotatable bonds is 2. The van der Waals surface area contributed by atoms with E-state index in [0.29, 0.717) is 12.6 Å². The molecule has 0 saturated carbocycles. The summed E-state index contributed by atoms with van der Waals surface area (Å²) in [5, 5.41) is 9.41. The zero-order valence-electron chi connectivity index (χ0n) is 7.98. The summed E-state index contributed by atoms with van der Waals surface area (Å²) in [7, 11) is 1.38. The maximum atomic E-state index is 10.7. The van der Waals surface area contributed by atoms with Crippen LogP contribution in [-0.4, -0.2) is 24.8 Å². The Bertz CT molecular complexity index is 452. The van der Waals surface area contributed by atoms with Crippen molar-refractivity contribution in [1.82, 2.24) is 0 Å². The molecule has 4 nitrogen and oxygen atoms in total. The Kier molecular flexibility index (Phi) is 3.47. The molecule has 0 heterocycles. The summed E-state index contributed by atoms with van der Waals surface area (Å²) < 4.78 is 4.82. The van der Waals surface area contributed by atoms with Crippen LogP contribution >= 0.6 is 0 Å². The van der Waals surface area contributed by atoms with Gasteiger partial charge in [-0.15, -0.1) is 0 Å². The normalized spacial score (nSPS) is 8.60. The second-order valence-electron chi connectivity index (χ2n) is 2.62. The Morgan fingerprint density at radius 1 is 1.40 bits per heavy atom. The van der Waals surface area contributed by atoms with Gasteiger partial charge >= 0.3 is 0 Å². The van der Waals surface area contributed by atoms with Crippen molar-refractivity contribution >= 4 is 12.6 Å². The number of aldehydes is 2. The zero-order chi connectivity index (χ0) is 11.3. The topological polar surface area (TPSA) is 63.6 Å². The molecule has 1 rings (SSSR count). The van der Waals surface area contributed by atoms with Crippen LogP contribution in [0.2, 0.25) is 0 Å². The van der Waals surface area contributed by atoms with E-state index in [-0.39, 0.29) is 22.6 Å². The molecule has 1 aromatic carbocycles. The molecule has 15 heavy (non-hydrogen) atoms. The predicted octanol–water partition coefficient (Wildman–Crippen LogP) is 0.764. The third kappa shape index (κ3) is 2.35. The molecule has 0 radical (unpaired) electrons. The van der Waals surface area contributed by atoms with Gasteiger partial charge in [-0.25, -0.2) is 0 Å². The number of benzene rings is 1. The van der Waals surface area contributed by atoms with Gasteiger partial charge in [0.15, 0.2) is 24.1 Å². The molecule has 0 aliphatic heterocycles. The fourth-order valence-corrected chi connectivity index (χ4v) is 1.06. The summed E-state index contributed by atoms with van der Waals surface area (Å²) in [6.07, 6.45) is 0.993. The van der Waals surface area contributed by atoms with Gasteiger partial charge < -0.3 is 9.84 Å². The number of phenols is 1. The molecule has 0 bridgehead atoms. The molecule has 1 N–H and O–H groups in total. The third-order valence-corrected chi connectivity index (χ3v) is 1.74. The zero-order valence-corrected chi connectivity index (χ0v) is 7.98. The summed E-state index contributed by atoms with van der Waals surface area (Å²) in [5.41, 5.74) is 0.550. The van der Waals surface area contributed by atoms with Crippen LogP contribution in [0.5, 0.6) is 11.5 Å². The van der Waals surface area contributed by atoms with E-state index >= 15 is 0 Å². The minimum absolute atomic E-state index is 0.127. The Morgan fingerprint density at radius 2 is 2.13 bits per heavy atom. The molecule has 1 aromatic rings. The third-order valence-electron chi connectivity index (χ3n) is 1.74. The van der Waals surface area contributed by atoms with E-state index in [2.05, 4.69) is 11.8 Å². The van der Waals surface area contributed by atoms with Crippen molar-refractivity contribution in [2.45, 2.75) is 0 Å². The molecule has 0 spiro atoms. The summed E-state index contributed by atoms with van der Waals surface area (Å²) in [6.45, 7) is 0. The van der Waals surface area contributed by atoms with Crippen molar-refractivity contribution in [2.24, 2.45) is 0 Å². The SMILES string of the molecule is COc1cc(C=O)c(C#CC=O)cc1O. The lowest BCUT2D eigenvalue weighted by molar-refractivity contribution is -0.103. The molecular weight excluding hydrogens is 196 g/mol. The molecule has 76 valence electrons. The smallest absolute Gasteiger partial charge is 0.193 e. The van der Waals surface area contributed by atoms with Gasteiger partial charge in [-0.05, 0) is 12.0 Å². The van der Waals surface area contributed by atoms with E-state index in [1.807, 2.05) is 0 Å². The first-order valence-electron chi connectivity index (χ1n) is 4.04. The minimum atomic E-state index is -0.127. The van der Waals surface area contributed by atoms with Crippen LogP contribution in [0.15, 0.2) is 12.1 Å². The summed E-state index contributed by atoms with van der Waals surface area (Å²) in [6, 6.07) is 2.64. The summed E-state index contributed by atoms with van der Waals surface area (Å²) >= 11 is 0. The highest BCUT2D eigenvalue weighted by molar-refractivity contribution is 5.83. The van der Waals surface area contributed by atoms with Crippen LogP contribution in [0.25, 0.3) is 0 Å². The fraction of sp³-hybridized carbons (Fsp3) is 0.0909. The largest absolute Gasteiger partial charge is 0.504 e. The molecule has 0 amide bonds. The fourth-order valence-electron chi connectivity index (χ4n) is 1.06. The van der Waals surface area contributed by atoms with Crippen molar-refractivity contribution in [2.75, 3.05) is 7.11 Å². The molecule has 0 unspecified atom stereocenters. The number of hydrogen-bond acceptors (Lipinski definition) is 4. The second-order valence-corrected chi connectivity index (χ2v) is 2.62. The van der Waals surface area contributed by atoms with E-state index in [1.54, 1.807) is 0 Å². The molecule has 0 saturated heterocycles.